The van der Waals surface area contributed by atoms with Crippen LogP contribution in [0.5, 0.6) is 0 Å². The van der Waals surface area contributed by atoms with Crippen molar-refractivity contribution in [1.29, 1.82) is 0 Å². The topological polar surface area (TPSA) is 46.2 Å². The summed E-state index contributed by atoms with van der Waals surface area (Å²) >= 11 is 5.67. The normalized spacial score (nSPS) is 13.7. The lowest BCUT2D eigenvalue weighted by Crippen LogP contribution is -2.35. The Hall–Kier alpha value is -0.580. The summed E-state index contributed by atoms with van der Waals surface area (Å²) < 4.78 is 26.6. The van der Waals surface area contributed by atoms with Gasteiger partial charge in [-0.25, -0.2) is 13.1 Å². The van der Waals surface area contributed by atoms with Crippen LogP contribution in [0.2, 0.25) is 0 Å². The maximum absolute atomic E-state index is 12.0. The zero-order chi connectivity index (χ0) is 12.2. The maximum atomic E-state index is 12.0. The van der Waals surface area contributed by atoms with Crippen molar-refractivity contribution < 1.29 is 8.42 Å². The van der Waals surface area contributed by atoms with Gasteiger partial charge in [-0.2, -0.15) is 0 Å². The Kier molecular flexibility index (Phi) is 4.77. The Morgan fingerprint density at radius 1 is 1.38 bits per heavy atom. The summed E-state index contributed by atoms with van der Waals surface area (Å²) in [7, 11) is -3.45. The summed E-state index contributed by atoms with van der Waals surface area (Å²) in [6, 6.07) is 6.68. The average molecular weight is 262 g/mol. The molecule has 1 N–H and O–H groups in total. The van der Waals surface area contributed by atoms with E-state index in [1.807, 2.05) is 13.0 Å². The first-order valence-electron chi connectivity index (χ1n) is 5.15. The van der Waals surface area contributed by atoms with Crippen LogP contribution in [0, 0.1) is 6.92 Å². The van der Waals surface area contributed by atoms with Gasteiger partial charge in [0.1, 0.15) is 0 Å². The van der Waals surface area contributed by atoms with Crippen LogP contribution in [-0.4, -0.2) is 20.3 Å². The van der Waals surface area contributed by atoms with Crippen LogP contribution in [0.1, 0.15) is 18.9 Å². The molecule has 1 aromatic rings. The van der Waals surface area contributed by atoms with E-state index in [1.54, 1.807) is 25.1 Å². The van der Waals surface area contributed by atoms with Gasteiger partial charge in [-0.3, -0.25) is 0 Å². The molecule has 0 saturated carbocycles. The molecule has 0 fully saturated rings. The van der Waals surface area contributed by atoms with Crippen molar-refractivity contribution in [3.8, 4) is 0 Å². The first-order chi connectivity index (χ1) is 7.51. The molecular formula is C11H16ClNO2S. The number of hydrogen-bond acceptors (Lipinski definition) is 2. The second kappa shape index (κ2) is 5.66. The lowest BCUT2D eigenvalue weighted by atomic mass is 10.2. The van der Waals surface area contributed by atoms with E-state index in [0.717, 1.165) is 5.56 Å². The maximum Gasteiger partial charge on any atom is 0.241 e. The number of sulfonamides is 1. The van der Waals surface area contributed by atoms with Crippen LogP contribution in [-0.2, 0) is 10.0 Å². The minimum atomic E-state index is -3.45. The first-order valence-corrected chi connectivity index (χ1v) is 7.17. The second-order valence-electron chi connectivity index (χ2n) is 3.65. The lowest BCUT2D eigenvalue weighted by molar-refractivity contribution is 0.557. The van der Waals surface area contributed by atoms with Crippen LogP contribution < -0.4 is 4.72 Å². The van der Waals surface area contributed by atoms with E-state index in [-0.39, 0.29) is 11.9 Å². The molecule has 0 heterocycles. The van der Waals surface area contributed by atoms with E-state index in [1.165, 1.54) is 0 Å². The predicted octanol–water partition coefficient (Wildman–Crippen LogP) is 2.29. The van der Waals surface area contributed by atoms with Crippen LogP contribution in [0.15, 0.2) is 29.2 Å². The molecule has 90 valence electrons. The largest absolute Gasteiger partial charge is 0.241 e. The smallest absolute Gasteiger partial charge is 0.207 e. The summed E-state index contributed by atoms with van der Waals surface area (Å²) in [5.74, 6) is 0.279. The molecule has 1 atom stereocenters. The number of hydrogen-bond donors (Lipinski definition) is 1. The van der Waals surface area contributed by atoms with E-state index in [0.29, 0.717) is 11.3 Å². The van der Waals surface area contributed by atoms with Crippen molar-refractivity contribution in [3.63, 3.8) is 0 Å². The Labute approximate surface area is 102 Å². The van der Waals surface area contributed by atoms with Crippen molar-refractivity contribution in [2.75, 3.05) is 5.88 Å². The summed E-state index contributed by atoms with van der Waals surface area (Å²) in [6.45, 7) is 3.67. The highest BCUT2D eigenvalue weighted by molar-refractivity contribution is 7.89. The van der Waals surface area contributed by atoms with Crippen LogP contribution >= 0.6 is 11.6 Å². The molecule has 0 aliphatic rings. The third-order valence-electron chi connectivity index (χ3n) is 2.38. The molecule has 5 heteroatoms. The summed E-state index contributed by atoms with van der Waals surface area (Å²) in [6.07, 6.45) is 0.675. The first kappa shape index (κ1) is 13.5. The number of aryl methyl sites for hydroxylation is 1. The quantitative estimate of drug-likeness (QED) is 0.827. The van der Waals surface area contributed by atoms with Crippen LogP contribution in [0.25, 0.3) is 0 Å². The number of halogens is 1. The molecule has 1 aromatic carbocycles. The zero-order valence-electron chi connectivity index (χ0n) is 9.40. The van der Waals surface area contributed by atoms with Crippen molar-refractivity contribution in [2.24, 2.45) is 0 Å². The Morgan fingerprint density at radius 3 is 2.50 bits per heavy atom. The SMILES string of the molecule is CCC(CCl)NS(=O)(=O)c1ccccc1C. The number of nitrogens with one attached hydrogen (secondary N) is 1. The fraction of sp³-hybridized carbons (Fsp3) is 0.455. The Bertz CT molecular complexity index is 441. The highest BCUT2D eigenvalue weighted by Gasteiger charge is 2.19. The van der Waals surface area contributed by atoms with E-state index in [2.05, 4.69) is 4.72 Å². The molecule has 0 aliphatic heterocycles. The highest BCUT2D eigenvalue weighted by atomic mass is 35.5. The van der Waals surface area contributed by atoms with Gasteiger partial charge in [0.25, 0.3) is 0 Å². The molecule has 0 amide bonds. The molecule has 0 bridgehead atoms. The molecule has 0 saturated heterocycles. The van der Waals surface area contributed by atoms with Gasteiger partial charge < -0.3 is 0 Å². The van der Waals surface area contributed by atoms with Crippen LogP contribution in [0.4, 0.5) is 0 Å². The van der Waals surface area contributed by atoms with Crippen molar-refractivity contribution in [1.82, 2.24) is 4.72 Å². The van der Waals surface area contributed by atoms with Gasteiger partial charge in [-0.15, -0.1) is 11.6 Å². The molecule has 3 nitrogen and oxygen atoms in total. The molecular weight excluding hydrogens is 246 g/mol. The second-order valence-corrected chi connectivity index (χ2v) is 5.64. The average Bonchev–Trinajstić information content (AvgIpc) is 2.26. The molecule has 16 heavy (non-hydrogen) atoms. The summed E-state index contributed by atoms with van der Waals surface area (Å²) in [4.78, 5) is 0.318. The predicted molar refractivity (Wildman–Crippen MR) is 66.3 cm³/mol. The highest BCUT2D eigenvalue weighted by Crippen LogP contribution is 2.14. The zero-order valence-corrected chi connectivity index (χ0v) is 11.0. The van der Waals surface area contributed by atoms with Gasteiger partial charge in [-0.05, 0) is 25.0 Å². The summed E-state index contributed by atoms with van der Waals surface area (Å²) in [5, 5.41) is 0. The van der Waals surface area contributed by atoms with E-state index >= 15 is 0 Å². The van der Waals surface area contributed by atoms with Crippen LogP contribution in [0.3, 0.4) is 0 Å². The summed E-state index contributed by atoms with van der Waals surface area (Å²) in [5.41, 5.74) is 0.736. The van der Waals surface area contributed by atoms with E-state index < -0.39 is 10.0 Å². The van der Waals surface area contributed by atoms with Gasteiger partial charge in [0.2, 0.25) is 10.0 Å². The number of alkyl halides is 1. The molecule has 0 aliphatic carbocycles. The molecule has 0 aromatic heterocycles. The molecule has 0 spiro atoms. The molecule has 1 rings (SSSR count). The molecule has 0 radical (unpaired) electrons. The standard InChI is InChI=1S/C11H16ClNO2S/c1-3-10(8-12)13-16(14,15)11-7-5-4-6-9(11)2/h4-7,10,13H,3,8H2,1-2H3. The van der Waals surface area contributed by atoms with Crippen molar-refractivity contribution in [3.05, 3.63) is 29.8 Å². The monoisotopic (exact) mass is 261 g/mol. The fourth-order valence-electron chi connectivity index (χ4n) is 1.36. The van der Waals surface area contributed by atoms with Gasteiger partial charge in [0, 0.05) is 11.9 Å². The van der Waals surface area contributed by atoms with Crippen molar-refractivity contribution in [2.45, 2.75) is 31.2 Å². The minimum Gasteiger partial charge on any atom is -0.207 e. The third-order valence-corrected chi connectivity index (χ3v) is 4.44. The lowest BCUT2D eigenvalue weighted by Gasteiger charge is -2.15. The Morgan fingerprint density at radius 2 is 2.00 bits per heavy atom. The van der Waals surface area contributed by atoms with Gasteiger partial charge in [-0.1, -0.05) is 25.1 Å². The number of benzene rings is 1. The van der Waals surface area contributed by atoms with Gasteiger partial charge in [0.15, 0.2) is 0 Å². The van der Waals surface area contributed by atoms with E-state index in [4.69, 9.17) is 11.6 Å². The van der Waals surface area contributed by atoms with Crippen molar-refractivity contribution >= 4 is 21.6 Å². The number of rotatable bonds is 5. The van der Waals surface area contributed by atoms with E-state index in [9.17, 15) is 8.42 Å². The minimum absolute atomic E-state index is 0.216. The third kappa shape index (κ3) is 3.20. The van der Waals surface area contributed by atoms with Gasteiger partial charge >= 0.3 is 0 Å². The Balaban J connectivity index is 2.99. The fourth-order valence-corrected chi connectivity index (χ4v) is 3.32. The van der Waals surface area contributed by atoms with Gasteiger partial charge in [0.05, 0.1) is 4.90 Å². The molecule has 1 unspecified atom stereocenters.